The van der Waals surface area contributed by atoms with Crippen LogP contribution in [0, 0.1) is 0 Å². The van der Waals surface area contributed by atoms with Gasteiger partial charge in [0.15, 0.2) is 17.6 Å². The van der Waals surface area contributed by atoms with Crippen molar-refractivity contribution in [3.05, 3.63) is 83.4 Å². The average molecular weight is 473 g/mol. The number of rotatable bonds is 4. The number of methoxy groups -OCH3 is 2. The Morgan fingerprint density at radius 3 is 2.34 bits per heavy atom. The van der Waals surface area contributed by atoms with Crippen molar-refractivity contribution >= 4 is 17.5 Å². The highest BCUT2D eigenvalue weighted by atomic mass is 16.5. The van der Waals surface area contributed by atoms with Gasteiger partial charge in [0.25, 0.3) is 5.91 Å². The summed E-state index contributed by atoms with van der Waals surface area (Å²) in [6, 6.07) is 20.9. The lowest BCUT2D eigenvalue weighted by Crippen LogP contribution is -2.53. The molecule has 0 aromatic heterocycles. The van der Waals surface area contributed by atoms with Crippen LogP contribution in [-0.2, 0) is 16.0 Å². The monoisotopic (exact) mass is 472 g/mol. The van der Waals surface area contributed by atoms with Gasteiger partial charge >= 0.3 is 0 Å². The summed E-state index contributed by atoms with van der Waals surface area (Å²) in [5, 5.41) is 0. The number of hydrogen-bond donors (Lipinski definition) is 0. The van der Waals surface area contributed by atoms with Crippen LogP contribution in [0.3, 0.4) is 0 Å². The molecule has 7 nitrogen and oxygen atoms in total. The van der Waals surface area contributed by atoms with E-state index in [9.17, 15) is 9.59 Å². The minimum Gasteiger partial charge on any atom is -0.493 e. The maximum Gasteiger partial charge on any atom is 0.266 e. The molecule has 0 fully saturated rings. The lowest BCUT2D eigenvalue weighted by Gasteiger charge is -2.41. The number of anilines is 1. The summed E-state index contributed by atoms with van der Waals surface area (Å²) in [5.74, 6) is 1.54. The van der Waals surface area contributed by atoms with E-state index < -0.39 is 6.10 Å². The summed E-state index contributed by atoms with van der Waals surface area (Å²) in [7, 11) is 3.23. The normalized spacial score (nSPS) is 18.7. The summed E-state index contributed by atoms with van der Waals surface area (Å²) in [6.45, 7) is 2.19. The van der Waals surface area contributed by atoms with Gasteiger partial charge in [0.1, 0.15) is 5.75 Å². The molecule has 2 aliphatic heterocycles. The smallest absolute Gasteiger partial charge is 0.266 e. The van der Waals surface area contributed by atoms with Crippen molar-refractivity contribution in [2.24, 2.45) is 0 Å². The molecule has 0 spiro atoms. The van der Waals surface area contributed by atoms with Gasteiger partial charge in [0, 0.05) is 13.5 Å². The number of amides is 2. The molecule has 3 aromatic rings. The molecule has 0 aliphatic carbocycles. The van der Waals surface area contributed by atoms with E-state index in [4.69, 9.17) is 14.2 Å². The van der Waals surface area contributed by atoms with Crippen LogP contribution in [0.5, 0.6) is 17.2 Å². The summed E-state index contributed by atoms with van der Waals surface area (Å²) in [6.07, 6.45) is -0.133. The molecule has 2 aliphatic rings. The van der Waals surface area contributed by atoms with Gasteiger partial charge in [-0.25, -0.2) is 0 Å². The van der Waals surface area contributed by atoms with Crippen LogP contribution >= 0.6 is 0 Å². The highest BCUT2D eigenvalue weighted by Gasteiger charge is 2.40. The highest BCUT2D eigenvalue weighted by Crippen LogP contribution is 2.42. The second-order valence-electron chi connectivity index (χ2n) is 8.70. The molecule has 3 aromatic carbocycles. The topological polar surface area (TPSA) is 68.3 Å². The van der Waals surface area contributed by atoms with Crippen molar-refractivity contribution in [3.8, 4) is 17.2 Å². The first kappa shape index (κ1) is 22.8. The molecule has 0 saturated carbocycles. The zero-order chi connectivity index (χ0) is 24.5. The Labute approximate surface area is 204 Å². The van der Waals surface area contributed by atoms with Crippen molar-refractivity contribution in [1.82, 2.24) is 4.90 Å². The fourth-order valence-corrected chi connectivity index (χ4v) is 5.02. The highest BCUT2D eigenvalue weighted by molar-refractivity contribution is 5.96. The van der Waals surface area contributed by atoms with Gasteiger partial charge in [-0.15, -0.1) is 0 Å². The van der Waals surface area contributed by atoms with Crippen LogP contribution in [0.2, 0.25) is 0 Å². The number of benzene rings is 3. The van der Waals surface area contributed by atoms with Crippen LogP contribution in [0.25, 0.3) is 0 Å². The molecule has 7 heteroatoms. The lowest BCUT2D eigenvalue weighted by molar-refractivity contribution is -0.141. The Hall–Kier alpha value is -4.00. The quantitative estimate of drug-likeness (QED) is 0.574. The molecule has 0 saturated heterocycles. The van der Waals surface area contributed by atoms with E-state index in [0.29, 0.717) is 35.9 Å². The Kier molecular flexibility index (Phi) is 6.07. The van der Waals surface area contributed by atoms with E-state index in [1.165, 1.54) is 6.92 Å². The number of nitrogens with zero attached hydrogens (tertiary/aromatic N) is 2. The van der Waals surface area contributed by atoms with Gasteiger partial charge in [0.05, 0.1) is 32.5 Å². The summed E-state index contributed by atoms with van der Waals surface area (Å²) >= 11 is 0. The van der Waals surface area contributed by atoms with Gasteiger partial charge in [-0.3, -0.25) is 9.59 Å². The third-order valence-electron chi connectivity index (χ3n) is 6.70. The van der Waals surface area contributed by atoms with Gasteiger partial charge in [-0.1, -0.05) is 42.5 Å². The van der Waals surface area contributed by atoms with E-state index in [2.05, 4.69) is 0 Å². The van der Waals surface area contributed by atoms with Crippen LogP contribution < -0.4 is 19.1 Å². The number of carbonyl (C=O) groups excluding carboxylic acids is 2. The van der Waals surface area contributed by atoms with Crippen molar-refractivity contribution < 1.29 is 23.8 Å². The lowest BCUT2D eigenvalue weighted by atomic mass is 9.87. The predicted molar refractivity (Wildman–Crippen MR) is 132 cm³/mol. The van der Waals surface area contributed by atoms with E-state index in [1.54, 1.807) is 25.2 Å². The molecule has 2 heterocycles. The zero-order valence-electron chi connectivity index (χ0n) is 20.1. The first-order valence-electron chi connectivity index (χ1n) is 11.7. The third-order valence-corrected chi connectivity index (χ3v) is 6.70. The van der Waals surface area contributed by atoms with E-state index in [0.717, 1.165) is 16.7 Å². The van der Waals surface area contributed by atoms with Crippen LogP contribution in [-0.4, -0.2) is 50.1 Å². The van der Waals surface area contributed by atoms with Gasteiger partial charge in [-0.05, 0) is 47.4 Å². The molecule has 0 bridgehead atoms. The molecule has 2 atom stereocenters. The molecule has 0 radical (unpaired) electrons. The average Bonchev–Trinajstić information content (AvgIpc) is 2.90. The SMILES string of the molecule is COc1cc2c(cc1OC)[C@@H](c1ccccc1)N(C(=O)[C@@H]1CN(C(C)=O)c3ccccc3O1)CC2. The number of para-hydroxylation sites is 2. The van der Waals surface area contributed by atoms with Crippen LogP contribution in [0.15, 0.2) is 66.7 Å². The molecule has 0 unspecified atom stereocenters. The second kappa shape index (κ2) is 9.33. The van der Waals surface area contributed by atoms with Crippen LogP contribution in [0.1, 0.15) is 29.7 Å². The van der Waals surface area contributed by atoms with Gasteiger partial charge < -0.3 is 24.0 Å². The molecular formula is C28H28N2O5. The molecule has 180 valence electrons. The van der Waals surface area contributed by atoms with Gasteiger partial charge in [-0.2, -0.15) is 0 Å². The molecular weight excluding hydrogens is 444 g/mol. The van der Waals surface area contributed by atoms with Crippen molar-refractivity contribution in [2.75, 3.05) is 32.2 Å². The predicted octanol–water partition coefficient (Wildman–Crippen LogP) is 3.99. The molecule has 5 rings (SSSR count). The van der Waals surface area contributed by atoms with Crippen molar-refractivity contribution in [3.63, 3.8) is 0 Å². The minimum absolute atomic E-state index is 0.126. The van der Waals surface area contributed by atoms with E-state index in [-0.39, 0.29) is 24.4 Å². The van der Waals surface area contributed by atoms with E-state index >= 15 is 0 Å². The second-order valence-corrected chi connectivity index (χ2v) is 8.70. The largest absolute Gasteiger partial charge is 0.493 e. The Balaban J connectivity index is 1.55. The number of ether oxygens (including phenoxy) is 3. The summed E-state index contributed by atoms with van der Waals surface area (Å²) in [4.78, 5) is 29.9. The fraction of sp³-hybridized carbons (Fsp3) is 0.286. The molecule has 0 N–H and O–H groups in total. The maximum atomic E-state index is 14.0. The summed E-state index contributed by atoms with van der Waals surface area (Å²) < 4.78 is 17.2. The molecule has 35 heavy (non-hydrogen) atoms. The molecule has 2 amide bonds. The van der Waals surface area contributed by atoms with Crippen LogP contribution in [0.4, 0.5) is 5.69 Å². The zero-order valence-corrected chi connectivity index (χ0v) is 20.1. The van der Waals surface area contributed by atoms with Crippen molar-refractivity contribution in [1.29, 1.82) is 0 Å². The summed E-state index contributed by atoms with van der Waals surface area (Å²) in [5.41, 5.74) is 3.78. The van der Waals surface area contributed by atoms with Crippen molar-refractivity contribution in [2.45, 2.75) is 25.5 Å². The number of carbonyl (C=O) groups is 2. The van der Waals surface area contributed by atoms with E-state index in [1.807, 2.05) is 65.6 Å². The number of hydrogen-bond acceptors (Lipinski definition) is 5. The Bertz CT molecular complexity index is 1260. The third kappa shape index (κ3) is 4.07. The number of fused-ring (bicyclic) bond motifs is 2. The first-order valence-corrected chi connectivity index (χ1v) is 11.7. The standard InChI is InChI=1S/C28H28N2O5/c1-18(31)30-17-26(35-23-12-8-7-11-22(23)30)28(32)29-14-13-20-15-24(33-2)25(34-3)16-21(20)27(29)19-9-5-4-6-10-19/h4-12,15-16,26-27H,13-14,17H2,1-3H3/t26-,27+/m0/s1. The Morgan fingerprint density at radius 1 is 0.943 bits per heavy atom. The minimum atomic E-state index is -0.804. The van der Waals surface area contributed by atoms with Gasteiger partial charge in [0.2, 0.25) is 5.91 Å². The maximum absolute atomic E-state index is 14.0. The first-order chi connectivity index (χ1) is 17.0. The fourth-order valence-electron chi connectivity index (χ4n) is 5.02. The Morgan fingerprint density at radius 2 is 1.63 bits per heavy atom.